The molecule has 1 heterocycles. The number of nitro benzene ring substituents is 1. The summed E-state index contributed by atoms with van der Waals surface area (Å²) in [6.45, 7) is 0. The van der Waals surface area contributed by atoms with E-state index in [9.17, 15) is 19.7 Å². The average Bonchev–Trinajstić information content (AvgIpc) is 2.84. The maximum Gasteiger partial charge on any atom is 0.271 e. The van der Waals surface area contributed by atoms with Crippen molar-refractivity contribution in [2.75, 3.05) is 19.5 Å². The molecule has 3 aromatic carbocycles. The lowest BCUT2D eigenvalue weighted by atomic mass is 10.1. The predicted octanol–water partition coefficient (Wildman–Crippen LogP) is 4.17. The third-order valence-corrected chi connectivity index (χ3v) is 5.16. The SMILES string of the molecule is COc1ccc(-n2cc(C(=O)Nc3cc([N+](=O)[O-])ccc3OC)c3ccccc3c2=O)cc1. The smallest absolute Gasteiger partial charge is 0.271 e. The Balaban J connectivity index is 1.84. The summed E-state index contributed by atoms with van der Waals surface area (Å²) in [5.74, 6) is 0.345. The zero-order valence-electron chi connectivity index (χ0n) is 17.8. The minimum absolute atomic E-state index is 0.142. The normalized spacial score (nSPS) is 10.6. The first-order valence-corrected chi connectivity index (χ1v) is 9.85. The zero-order chi connectivity index (χ0) is 23.5. The summed E-state index contributed by atoms with van der Waals surface area (Å²) in [7, 11) is 2.94. The van der Waals surface area contributed by atoms with Gasteiger partial charge in [0.05, 0.1) is 30.4 Å². The lowest BCUT2D eigenvalue weighted by Gasteiger charge is -2.14. The number of fused-ring (bicyclic) bond motifs is 1. The molecule has 0 unspecified atom stereocenters. The number of pyridine rings is 1. The number of hydrogen-bond donors (Lipinski definition) is 1. The molecule has 9 nitrogen and oxygen atoms in total. The minimum atomic E-state index is -0.561. The van der Waals surface area contributed by atoms with Crippen LogP contribution in [0.2, 0.25) is 0 Å². The fourth-order valence-corrected chi connectivity index (χ4v) is 3.50. The van der Waals surface area contributed by atoms with Crippen LogP contribution in [0.5, 0.6) is 11.5 Å². The highest BCUT2D eigenvalue weighted by molar-refractivity contribution is 6.13. The number of hydrogen-bond acceptors (Lipinski definition) is 6. The number of rotatable bonds is 6. The van der Waals surface area contributed by atoms with Crippen LogP contribution in [0.1, 0.15) is 10.4 Å². The second-order valence-corrected chi connectivity index (χ2v) is 7.06. The Morgan fingerprint density at radius 2 is 1.67 bits per heavy atom. The monoisotopic (exact) mass is 445 g/mol. The second kappa shape index (κ2) is 8.83. The average molecular weight is 445 g/mol. The first-order chi connectivity index (χ1) is 15.9. The van der Waals surface area contributed by atoms with Crippen LogP contribution in [-0.2, 0) is 0 Å². The van der Waals surface area contributed by atoms with E-state index in [1.807, 2.05) is 0 Å². The van der Waals surface area contributed by atoms with Gasteiger partial charge in [0.15, 0.2) is 0 Å². The maximum absolute atomic E-state index is 13.3. The van der Waals surface area contributed by atoms with Crippen LogP contribution < -0.4 is 20.3 Å². The van der Waals surface area contributed by atoms with Gasteiger partial charge in [-0.1, -0.05) is 18.2 Å². The van der Waals surface area contributed by atoms with Crippen LogP contribution in [0.15, 0.2) is 77.7 Å². The van der Waals surface area contributed by atoms with E-state index in [4.69, 9.17) is 9.47 Å². The number of carbonyl (C=O) groups excluding carboxylic acids is 1. The number of methoxy groups -OCH3 is 2. The highest BCUT2D eigenvalue weighted by Gasteiger charge is 2.19. The van der Waals surface area contributed by atoms with Crippen molar-refractivity contribution in [3.05, 3.63) is 99.0 Å². The van der Waals surface area contributed by atoms with Crippen LogP contribution in [0, 0.1) is 10.1 Å². The van der Waals surface area contributed by atoms with Gasteiger partial charge >= 0.3 is 0 Å². The molecule has 0 fully saturated rings. The van der Waals surface area contributed by atoms with Crippen LogP contribution in [-0.4, -0.2) is 29.6 Å². The van der Waals surface area contributed by atoms with Gasteiger partial charge in [-0.15, -0.1) is 0 Å². The lowest BCUT2D eigenvalue weighted by Crippen LogP contribution is -2.22. The summed E-state index contributed by atoms with van der Waals surface area (Å²) in [6.07, 6.45) is 1.45. The summed E-state index contributed by atoms with van der Waals surface area (Å²) >= 11 is 0. The second-order valence-electron chi connectivity index (χ2n) is 7.06. The molecule has 0 radical (unpaired) electrons. The van der Waals surface area contributed by atoms with Crippen molar-refractivity contribution in [3.63, 3.8) is 0 Å². The Labute approximate surface area is 188 Å². The molecular weight excluding hydrogens is 426 g/mol. The zero-order valence-corrected chi connectivity index (χ0v) is 17.8. The number of nitrogens with zero attached hydrogens (tertiary/aromatic N) is 2. The van der Waals surface area contributed by atoms with Crippen LogP contribution in [0.25, 0.3) is 16.5 Å². The minimum Gasteiger partial charge on any atom is -0.497 e. The molecule has 0 bridgehead atoms. The van der Waals surface area contributed by atoms with Crippen molar-refractivity contribution in [3.8, 4) is 17.2 Å². The predicted molar refractivity (Wildman–Crippen MR) is 124 cm³/mol. The van der Waals surface area contributed by atoms with E-state index in [1.54, 1.807) is 55.6 Å². The Bertz CT molecular complexity index is 1430. The number of nitro groups is 1. The first-order valence-electron chi connectivity index (χ1n) is 9.85. The highest BCUT2D eigenvalue weighted by Crippen LogP contribution is 2.30. The standard InChI is InChI=1S/C24H19N3O6/c1-32-17-10-7-15(8-11-17)26-14-20(18-5-3-4-6-19(18)24(26)29)23(28)25-21-13-16(27(30)31)9-12-22(21)33-2/h3-14H,1-2H3,(H,25,28). The molecule has 9 heteroatoms. The van der Waals surface area contributed by atoms with Crippen molar-refractivity contribution in [2.24, 2.45) is 0 Å². The molecule has 0 spiro atoms. The molecular formula is C24H19N3O6. The van der Waals surface area contributed by atoms with Gasteiger partial charge in [-0.25, -0.2) is 0 Å². The van der Waals surface area contributed by atoms with Crippen LogP contribution >= 0.6 is 0 Å². The number of ether oxygens (including phenoxy) is 2. The number of aromatic nitrogens is 1. The van der Waals surface area contributed by atoms with Gasteiger partial charge in [0.2, 0.25) is 0 Å². The van der Waals surface area contributed by atoms with Crippen molar-refractivity contribution in [1.29, 1.82) is 0 Å². The molecule has 0 aliphatic heterocycles. The van der Waals surface area contributed by atoms with Crippen molar-refractivity contribution < 1.29 is 19.2 Å². The van der Waals surface area contributed by atoms with Gasteiger partial charge in [-0.3, -0.25) is 24.3 Å². The Morgan fingerprint density at radius 3 is 2.30 bits per heavy atom. The Hall–Kier alpha value is -4.66. The van der Waals surface area contributed by atoms with E-state index < -0.39 is 10.8 Å². The molecule has 1 N–H and O–H groups in total. The molecule has 0 aliphatic carbocycles. The van der Waals surface area contributed by atoms with E-state index >= 15 is 0 Å². The van der Waals surface area contributed by atoms with E-state index in [0.29, 0.717) is 22.2 Å². The van der Waals surface area contributed by atoms with Crippen molar-refractivity contribution >= 4 is 28.1 Å². The summed E-state index contributed by atoms with van der Waals surface area (Å²) < 4.78 is 11.8. The fourth-order valence-electron chi connectivity index (χ4n) is 3.50. The van der Waals surface area contributed by atoms with Gasteiger partial charge in [-0.05, 0) is 36.4 Å². The number of non-ortho nitro benzene ring substituents is 1. The van der Waals surface area contributed by atoms with Gasteiger partial charge in [0.1, 0.15) is 11.5 Å². The third-order valence-electron chi connectivity index (χ3n) is 5.16. The molecule has 4 aromatic rings. The van der Waals surface area contributed by atoms with Crippen LogP contribution in [0.3, 0.4) is 0 Å². The molecule has 0 saturated heterocycles. The molecule has 33 heavy (non-hydrogen) atoms. The summed E-state index contributed by atoms with van der Waals surface area (Å²) in [5.41, 5.74) is 0.422. The van der Waals surface area contributed by atoms with Crippen molar-refractivity contribution in [1.82, 2.24) is 4.57 Å². The van der Waals surface area contributed by atoms with Gasteiger partial charge in [0, 0.05) is 34.8 Å². The van der Waals surface area contributed by atoms with Crippen LogP contribution in [0.4, 0.5) is 11.4 Å². The third kappa shape index (κ3) is 4.11. The Kier molecular flexibility index (Phi) is 5.77. The van der Waals surface area contributed by atoms with Crippen molar-refractivity contribution in [2.45, 2.75) is 0 Å². The highest BCUT2D eigenvalue weighted by atomic mass is 16.6. The molecule has 1 amide bonds. The van der Waals surface area contributed by atoms with Gasteiger partial charge in [-0.2, -0.15) is 0 Å². The molecule has 1 aromatic heterocycles. The van der Waals surface area contributed by atoms with E-state index in [1.165, 1.54) is 36.1 Å². The Morgan fingerprint density at radius 1 is 0.970 bits per heavy atom. The fraction of sp³-hybridized carbons (Fsp3) is 0.0833. The molecule has 0 aliphatic rings. The molecule has 0 saturated carbocycles. The quantitative estimate of drug-likeness (QED) is 0.352. The van der Waals surface area contributed by atoms with Gasteiger partial charge < -0.3 is 14.8 Å². The summed E-state index contributed by atoms with van der Waals surface area (Å²) in [4.78, 5) is 37.1. The topological polar surface area (TPSA) is 113 Å². The molecule has 0 atom stereocenters. The van der Waals surface area contributed by atoms with E-state index in [2.05, 4.69) is 5.32 Å². The first kappa shape index (κ1) is 21.6. The summed E-state index contributed by atoms with van der Waals surface area (Å²) in [6, 6.07) is 17.5. The molecule has 4 rings (SSSR count). The number of nitrogens with one attached hydrogen (secondary N) is 1. The number of benzene rings is 3. The molecule has 166 valence electrons. The van der Waals surface area contributed by atoms with Gasteiger partial charge in [0.25, 0.3) is 17.2 Å². The number of amides is 1. The maximum atomic E-state index is 13.3. The number of carbonyl (C=O) groups is 1. The lowest BCUT2D eigenvalue weighted by molar-refractivity contribution is -0.384. The van der Waals surface area contributed by atoms with E-state index in [-0.39, 0.29) is 28.2 Å². The number of anilines is 1. The largest absolute Gasteiger partial charge is 0.497 e. The summed E-state index contributed by atoms with van der Waals surface area (Å²) in [5, 5.41) is 14.7. The van der Waals surface area contributed by atoms with E-state index in [0.717, 1.165) is 0 Å².